The van der Waals surface area contributed by atoms with Crippen LogP contribution in [0.5, 0.6) is 0 Å². The van der Waals surface area contributed by atoms with Crippen molar-refractivity contribution in [3.05, 3.63) is 58.9 Å². The highest BCUT2D eigenvalue weighted by atomic mass is 32.1. The summed E-state index contributed by atoms with van der Waals surface area (Å²) in [7, 11) is 0. The van der Waals surface area contributed by atoms with Crippen LogP contribution in [-0.2, 0) is 6.54 Å². The Hall–Kier alpha value is -2.27. The summed E-state index contributed by atoms with van der Waals surface area (Å²) in [6, 6.07) is 8.25. The second kappa shape index (κ2) is 5.79. The van der Waals surface area contributed by atoms with Gasteiger partial charge in [-0.25, -0.2) is 4.98 Å². The lowest BCUT2D eigenvalue weighted by molar-refractivity contribution is 1.01. The van der Waals surface area contributed by atoms with Crippen molar-refractivity contribution in [2.75, 3.05) is 5.32 Å². The highest BCUT2D eigenvalue weighted by molar-refractivity contribution is 7.09. The van der Waals surface area contributed by atoms with Crippen molar-refractivity contribution in [2.24, 2.45) is 0 Å². The Morgan fingerprint density at radius 2 is 2.20 bits per heavy atom. The average molecular weight is 282 g/mol. The van der Waals surface area contributed by atoms with Crippen LogP contribution < -0.4 is 5.32 Å². The highest BCUT2D eigenvalue weighted by Crippen LogP contribution is 2.24. The van der Waals surface area contributed by atoms with E-state index < -0.39 is 0 Å². The molecule has 0 unspecified atom stereocenters. The number of anilines is 1. The maximum Gasteiger partial charge on any atom is 0.0901 e. The first-order chi connectivity index (χ1) is 9.81. The summed E-state index contributed by atoms with van der Waals surface area (Å²) in [4.78, 5) is 12.8. The second-order valence-corrected chi connectivity index (χ2v) is 5.45. The van der Waals surface area contributed by atoms with Gasteiger partial charge in [-0.2, -0.15) is 0 Å². The first-order valence-electron chi connectivity index (χ1n) is 6.32. The average Bonchev–Trinajstić information content (AvgIpc) is 2.93. The van der Waals surface area contributed by atoms with E-state index in [0.717, 1.165) is 27.6 Å². The molecule has 0 spiro atoms. The zero-order valence-corrected chi connectivity index (χ0v) is 11.9. The number of hydrogen-bond acceptors (Lipinski definition) is 5. The van der Waals surface area contributed by atoms with Crippen molar-refractivity contribution >= 4 is 17.0 Å². The van der Waals surface area contributed by atoms with Gasteiger partial charge >= 0.3 is 0 Å². The lowest BCUT2D eigenvalue weighted by Gasteiger charge is -2.07. The standard InChI is InChI=1S/C15H14N4S/c1-11-19-15(10-20-11)12-3-2-4-13(7-12)18-9-14-8-16-5-6-17-14/h2-8,10,18H,9H2,1H3. The third-order valence-electron chi connectivity index (χ3n) is 2.87. The lowest BCUT2D eigenvalue weighted by atomic mass is 10.1. The van der Waals surface area contributed by atoms with Gasteiger partial charge in [0.2, 0.25) is 0 Å². The number of aromatic nitrogens is 3. The number of nitrogens with zero attached hydrogens (tertiary/aromatic N) is 3. The van der Waals surface area contributed by atoms with Crippen molar-refractivity contribution in [3.63, 3.8) is 0 Å². The van der Waals surface area contributed by atoms with E-state index in [0.29, 0.717) is 6.54 Å². The summed E-state index contributed by atoms with van der Waals surface area (Å²) in [6.45, 7) is 2.68. The second-order valence-electron chi connectivity index (χ2n) is 4.38. The van der Waals surface area contributed by atoms with E-state index >= 15 is 0 Å². The van der Waals surface area contributed by atoms with Gasteiger partial charge in [-0.1, -0.05) is 12.1 Å². The van der Waals surface area contributed by atoms with Crippen LogP contribution in [0, 0.1) is 6.92 Å². The molecule has 20 heavy (non-hydrogen) atoms. The van der Waals surface area contributed by atoms with Gasteiger partial charge in [-0.05, 0) is 19.1 Å². The molecule has 3 rings (SSSR count). The zero-order chi connectivity index (χ0) is 13.8. The molecule has 0 aliphatic rings. The van der Waals surface area contributed by atoms with Gasteiger partial charge in [0.25, 0.3) is 0 Å². The molecule has 4 nitrogen and oxygen atoms in total. The fourth-order valence-electron chi connectivity index (χ4n) is 1.90. The van der Waals surface area contributed by atoms with E-state index in [1.54, 1.807) is 29.9 Å². The summed E-state index contributed by atoms with van der Waals surface area (Å²) in [6.07, 6.45) is 5.14. The van der Waals surface area contributed by atoms with Gasteiger partial charge in [0.15, 0.2) is 0 Å². The molecule has 5 heteroatoms. The molecule has 0 saturated carbocycles. The quantitative estimate of drug-likeness (QED) is 0.795. The summed E-state index contributed by atoms with van der Waals surface area (Å²) in [5, 5.41) is 6.51. The molecule has 0 fully saturated rings. The van der Waals surface area contributed by atoms with Crippen molar-refractivity contribution in [2.45, 2.75) is 13.5 Å². The number of thiazole rings is 1. The maximum absolute atomic E-state index is 4.51. The molecule has 0 aliphatic heterocycles. The van der Waals surface area contributed by atoms with E-state index in [2.05, 4.69) is 37.8 Å². The Kier molecular flexibility index (Phi) is 3.69. The Labute approximate surface area is 121 Å². The predicted octanol–water partition coefficient (Wildman–Crippen LogP) is 3.52. The topological polar surface area (TPSA) is 50.7 Å². The van der Waals surface area contributed by atoms with Crippen molar-refractivity contribution in [1.82, 2.24) is 15.0 Å². The minimum atomic E-state index is 0.660. The van der Waals surface area contributed by atoms with Gasteiger partial charge < -0.3 is 5.32 Å². The minimum absolute atomic E-state index is 0.660. The number of rotatable bonds is 4. The molecule has 0 aliphatic carbocycles. The van der Waals surface area contributed by atoms with E-state index in [-0.39, 0.29) is 0 Å². The Bertz CT molecular complexity index is 694. The van der Waals surface area contributed by atoms with E-state index in [1.165, 1.54) is 0 Å². The van der Waals surface area contributed by atoms with E-state index in [4.69, 9.17) is 0 Å². The van der Waals surface area contributed by atoms with Crippen LogP contribution in [-0.4, -0.2) is 15.0 Å². The number of nitrogens with one attached hydrogen (secondary N) is 1. The fourth-order valence-corrected chi connectivity index (χ4v) is 2.52. The maximum atomic E-state index is 4.51. The summed E-state index contributed by atoms with van der Waals surface area (Å²) < 4.78 is 0. The summed E-state index contributed by atoms with van der Waals surface area (Å²) in [5.74, 6) is 0. The third kappa shape index (κ3) is 3.00. The van der Waals surface area contributed by atoms with Crippen LogP contribution in [0.1, 0.15) is 10.7 Å². The molecule has 3 aromatic rings. The van der Waals surface area contributed by atoms with Crippen LogP contribution in [0.3, 0.4) is 0 Å². The monoisotopic (exact) mass is 282 g/mol. The van der Waals surface area contributed by atoms with E-state index in [9.17, 15) is 0 Å². The molecule has 2 aromatic heterocycles. The Morgan fingerprint density at radius 3 is 2.95 bits per heavy atom. The van der Waals surface area contributed by atoms with Crippen molar-refractivity contribution in [1.29, 1.82) is 0 Å². The Morgan fingerprint density at radius 1 is 1.25 bits per heavy atom. The van der Waals surface area contributed by atoms with E-state index in [1.807, 2.05) is 19.1 Å². The molecule has 0 amide bonds. The first-order valence-corrected chi connectivity index (χ1v) is 7.20. The third-order valence-corrected chi connectivity index (χ3v) is 3.64. The minimum Gasteiger partial charge on any atom is -0.379 e. The van der Waals surface area contributed by atoms with Crippen LogP contribution in [0.15, 0.2) is 48.2 Å². The molecule has 0 atom stereocenters. The van der Waals surface area contributed by atoms with Crippen molar-refractivity contribution < 1.29 is 0 Å². The Balaban J connectivity index is 1.75. The van der Waals surface area contributed by atoms with Gasteiger partial charge in [0, 0.05) is 29.0 Å². The predicted molar refractivity (Wildman–Crippen MR) is 81.6 cm³/mol. The highest BCUT2D eigenvalue weighted by Gasteiger charge is 2.03. The van der Waals surface area contributed by atoms with Crippen molar-refractivity contribution in [3.8, 4) is 11.3 Å². The smallest absolute Gasteiger partial charge is 0.0901 e. The van der Waals surface area contributed by atoms with Crippen LogP contribution >= 0.6 is 11.3 Å². The molecule has 100 valence electrons. The fraction of sp³-hybridized carbons (Fsp3) is 0.133. The molecule has 0 saturated heterocycles. The first kappa shape index (κ1) is 12.7. The van der Waals surface area contributed by atoms with Gasteiger partial charge in [0.1, 0.15) is 0 Å². The molecule has 0 bridgehead atoms. The van der Waals surface area contributed by atoms with Crippen LogP contribution in [0.2, 0.25) is 0 Å². The zero-order valence-electron chi connectivity index (χ0n) is 11.1. The van der Waals surface area contributed by atoms with Crippen LogP contribution in [0.4, 0.5) is 5.69 Å². The summed E-state index contributed by atoms with van der Waals surface area (Å²) >= 11 is 1.67. The van der Waals surface area contributed by atoms with Gasteiger partial charge in [-0.3, -0.25) is 9.97 Å². The SMILES string of the molecule is Cc1nc(-c2cccc(NCc3cnccn3)c2)cs1. The number of benzene rings is 1. The molecule has 0 radical (unpaired) electrons. The number of aryl methyl sites for hydroxylation is 1. The number of hydrogen-bond donors (Lipinski definition) is 1. The molecule has 1 aromatic carbocycles. The summed E-state index contributed by atoms with van der Waals surface area (Å²) in [5.41, 5.74) is 4.12. The molecular formula is C15H14N4S. The van der Waals surface area contributed by atoms with Crippen LogP contribution in [0.25, 0.3) is 11.3 Å². The molecule has 1 N–H and O–H groups in total. The largest absolute Gasteiger partial charge is 0.379 e. The normalized spacial score (nSPS) is 10.4. The molecule has 2 heterocycles. The van der Waals surface area contributed by atoms with Gasteiger partial charge in [0.05, 0.1) is 29.1 Å². The van der Waals surface area contributed by atoms with Gasteiger partial charge in [-0.15, -0.1) is 11.3 Å². The molecular weight excluding hydrogens is 268 g/mol. The lowest BCUT2D eigenvalue weighted by Crippen LogP contribution is -2.01.